The van der Waals surface area contributed by atoms with Gasteiger partial charge >= 0.3 is 0 Å². The highest BCUT2D eigenvalue weighted by Crippen LogP contribution is 2.55. The Kier molecular flexibility index (Phi) is 4.98. The molecule has 29 heavy (non-hydrogen) atoms. The zero-order valence-corrected chi connectivity index (χ0v) is 16.3. The van der Waals surface area contributed by atoms with Crippen molar-refractivity contribution in [2.24, 2.45) is 17.8 Å². The van der Waals surface area contributed by atoms with E-state index in [1.807, 2.05) is 24.3 Å². The normalized spacial score (nSPS) is 30.8. The highest BCUT2D eigenvalue weighted by molar-refractivity contribution is 5.63. The summed E-state index contributed by atoms with van der Waals surface area (Å²) in [5, 5.41) is 10.1. The molecule has 3 aliphatic rings. The van der Waals surface area contributed by atoms with Gasteiger partial charge in [-0.3, -0.25) is 4.98 Å². The highest BCUT2D eigenvalue weighted by atomic mass is 19.1. The third-order valence-electron chi connectivity index (χ3n) is 6.72. The number of rotatable bonds is 3. The molecule has 1 saturated heterocycles. The number of aromatic nitrogens is 1. The number of hydrogen-bond acceptors (Lipinski definition) is 4. The molecule has 4 nitrogen and oxygen atoms in total. The van der Waals surface area contributed by atoms with Gasteiger partial charge in [0.25, 0.3) is 0 Å². The standard InChI is InChI=1S/C24H26FNO3/c25-19-3-1-2-16(12-19)17-4-5-20(26-15-17)6-9-23-22-8-7-21(27)13-18(22)14-24(23)28-10-11-29-24/h1-6,9,12,15,18,21-23,27H,7-8,10-11,13-14H2/t18-,21-,22+,23+/m1/s1. The van der Waals surface area contributed by atoms with Gasteiger partial charge in [-0.1, -0.05) is 24.3 Å². The summed E-state index contributed by atoms with van der Waals surface area (Å²) in [6, 6.07) is 10.5. The molecule has 5 heteroatoms. The van der Waals surface area contributed by atoms with E-state index in [1.165, 1.54) is 12.1 Å². The Morgan fingerprint density at radius 2 is 1.97 bits per heavy atom. The summed E-state index contributed by atoms with van der Waals surface area (Å²) in [6.45, 7) is 1.26. The van der Waals surface area contributed by atoms with Gasteiger partial charge in [0.1, 0.15) is 5.82 Å². The number of pyridine rings is 1. The summed E-state index contributed by atoms with van der Waals surface area (Å²) < 4.78 is 25.7. The Hall–Kier alpha value is -2.08. The predicted molar refractivity (Wildman–Crippen MR) is 108 cm³/mol. The average Bonchev–Trinajstić information content (AvgIpc) is 3.31. The fraction of sp³-hybridized carbons (Fsp3) is 0.458. The molecule has 0 bridgehead atoms. The first-order valence-corrected chi connectivity index (χ1v) is 10.5. The van der Waals surface area contributed by atoms with Crippen LogP contribution in [0, 0.1) is 23.6 Å². The number of halogens is 1. The van der Waals surface area contributed by atoms with E-state index in [4.69, 9.17) is 9.47 Å². The molecule has 4 atom stereocenters. The van der Waals surface area contributed by atoms with Crippen LogP contribution in [-0.4, -0.2) is 35.2 Å². The maximum Gasteiger partial charge on any atom is 0.175 e. The first kappa shape index (κ1) is 18.9. The quantitative estimate of drug-likeness (QED) is 0.835. The summed E-state index contributed by atoms with van der Waals surface area (Å²) in [6.07, 6.45) is 9.36. The number of hydrogen-bond donors (Lipinski definition) is 1. The second-order valence-electron chi connectivity index (χ2n) is 8.47. The first-order chi connectivity index (χ1) is 14.1. The zero-order chi connectivity index (χ0) is 19.8. The maximum absolute atomic E-state index is 13.5. The lowest BCUT2D eigenvalue weighted by Gasteiger charge is -2.32. The van der Waals surface area contributed by atoms with Crippen LogP contribution in [0.3, 0.4) is 0 Å². The Morgan fingerprint density at radius 3 is 2.72 bits per heavy atom. The topological polar surface area (TPSA) is 51.6 Å². The third-order valence-corrected chi connectivity index (χ3v) is 6.72. The van der Waals surface area contributed by atoms with Gasteiger partial charge in [-0.2, -0.15) is 0 Å². The smallest absolute Gasteiger partial charge is 0.175 e. The lowest BCUT2D eigenvalue weighted by molar-refractivity contribution is -0.175. The van der Waals surface area contributed by atoms with Crippen LogP contribution in [0.25, 0.3) is 17.2 Å². The number of benzene rings is 1. The molecule has 1 aromatic carbocycles. The van der Waals surface area contributed by atoms with Crippen LogP contribution in [0.2, 0.25) is 0 Å². The van der Waals surface area contributed by atoms with E-state index >= 15 is 0 Å². The van der Waals surface area contributed by atoms with Crippen LogP contribution < -0.4 is 0 Å². The fourth-order valence-corrected chi connectivity index (χ4v) is 5.41. The number of ether oxygens (including phenoxy) is 2. The SMILES string of the molecule is O[C@@H]1CC[C@H]2[C@H](C1)CC1(OCCO1)[C@H]2C=Cc1ccc(-c2cccc(F)c2)cn1. The van der Waals surface area contributed by atoms with Gasteiger partial charge < -0.3 is 14.6 Å². The molecular weight excluding hydrogens is 369 g/mol. The van der Waals surface area contributed by atoms with Gasteiger partial charge in [0, 0.05) is 24.1 Å². The number of fused-ring (bicyclic) bond motifs is 1. The molecule has 2 aliphatic carbocycles. The lowest BCUT2D eigenvalue weighted by Crippen LogP contribution is -2.35. The van der Waals surface area contributed by atoms with Crippen molar-refractivity contribution in [1.29, 1.82) is 0 Å². The van der Waals surface area contributed by atoms with E-state index in [0.717, 1.165) is 42.5 Å². The predicted octanol–water partition coefficient (Wildman–Crippen LogP) is 4.44. The van der Waals surface area contributed by atoms with Gasteiger partial charge in [-0.15, -0.1) is 0 Å². The number of aliphatic hydroxyl groups excluding tert-OH is 1. The summed E-state index contributed by atoms with van der Waals surface area (Å²) in [5.41, 5.74) is 2.57. The molecule has 0 radical (unpaired) electrons. The summed E-state index contributed by atoms with van der Waals surface area (Å²) >= 11 is 0. The Labute approximate surface area is 170 Å². The molecule has 1 N–H and O–H groups in total. The molecular formula is C24H26FNO3. The molecule has 0 amide bonds. The monoisotopic (exact) mass is 395 g/mol. The highest BCUT2D eigenvalue weighted by Gasteiger charge is 2.57. The molecule has 5 rings (SSSR count). The molecule has 152 valence electrons. The molecule has 0 unspecified atom stereocenters. The minimum absolute atomic E-state index is 0.173. The van der Waals surface area contributed by atoms with Crippen molar-refractivity contribution in [3.63, 3.8) is 0 Å². The summed E-state index contributed by atoms with van der Waals surface area (Å²) in [5.74, 6) is 0.292. The Bertz CT molecular complexity index is 891. The zero-order valence-electron chi connectivity index (χ0n) is 16.3. The Balaban J connectivity index is 1.37. The van der Waals surface area contributed by atoms with Crippen molar-refractivity contribution < 1.29 is 19.0 Å². The Morgan fingerprint density at radius 1 is 1.10 bits per heavy atom. The second kappa shape index (κ2) is 7.63. The van der Waals surface area contributed by atoms with Crippen molar-refractivity contribution in [2.75, 3.05) is 13.2 Å². The maximum atomic E-state index is 13.5. The molecule has 3 fully saturated rings. The van der Waals surface area contributed by atoms with Crippen LogP contribution in [0.5, 0.6) is 0 Å². The fourth-order valence-electron chi connectivity index (χ4n) is 5.41. The van der Waals surface area contributed by atoms with E-state index < -0.39 is 5.79 Å². The van der Waals surface area contributed by atoms with Gasteiger partial charge in [-0.25, -0.2) is 4.39 Å². The van der Waals surface area contributed by atoms with Crippen LogP contribution in [0.15, 0.2) is 48.7 Å². The van der Waals surface area contributed by atoms with Crippen LogP contribution in [-0.2, 0) is 9.47 Å². The van der Waals surface area contributed by atoms with Crippen molar-refractivity contribution in [2.45, 2.75) is 37.6 Å². The molecule has 1 spiro atoms. The molecule has 1 aromatic heterocycles. The van der Waals surface area contributed by atoms with E-state index in [0.29, 0.717) is 25.0 Å². The lowest BCUT2D eigenvalue weighted by atomic mass is 9.76. The van der Waals surface area contributed by atoms with Gasteiger partial charge in [-0.05, 0) is 60.9 Å². The van der Waals surface area contributed by atoms with Crippen molar-refractivity contribution in [1.82, 2.24) is 4.98 Å². The molecule has 1 aliphatic heterocycles. The van der Waals surface area contributed by atoms with Crippen molar-refractivity contribution >= 4 is 6.08 Å². The third kappa shape index (κ3) is 3.63. The number of aliphatic hydroxyl groups is 1. The van der Waals surface area contributed by atoms with E-state index in [-0.39, 0.29) is 17.8 Å². The van der Waals surface area contributed by atoms with Crippen molar-refractivity contribution in [3.8, 4) is 11.1 Å². The second-order valence-corrected chi connectivity index (χ2v) is 8.47. The van der Waals surface area contributed by atoms with Gasteiger partial charge in [0.15, 0.2) is 5.79 Å². The van der Waals surface area contributed by atoms with E-state index in [1.54, 1.807) is 12.3 Å². The minimum Gasteiger partial charge on any atom is -0.393 e. The van der Waals surface area contributed by atoms with E-state index in [9.17, 15) is 9.50 Å². The number of nitrogens with zero attached hydrogens (tertiary/aromatic N) is 1. The summed E-state index contributed by atoms with van der Waals surface area (Å²) in [7, 11) is 0. The first-order valence-electron chi connectivity index (χ1n) is 10.5. The minimum atomic E-state index is -0.544. The van der Waals surface area contributed by atoms with E-state index in [2.05, 4.69) is 11.1 Å². The average molecular weight is 395 g/mol. The van der Waals surface area contributed by atoms with Gasteiger partial charge in [0.2, 0.25) is 0 Å². The van der Waals surface area contributed by atoms with Crippen LogP contribution in [0.1, 0.15) is 31.4 Å². The summed E-state index contributed by atoms with van der Waals surface area (Å²) in [4.78, 5) is 4.55. The molecule has 2 saturated carbocycles. The molecule has 2 heterocycles. The van der Waals surface area contributed by atoms with Crippen molar-refractivity contribution in [3.05, 3.63) is 60.2 Å². The van der Waals surface area contributed by atoms with Crippen LogP contribution in [0.4, 0.5) is 4.39 Å². The van der Waals surface area contributed by atoms with Gasteiger partial charge in [0.05, 0.1) is 25.0 Å². The largest absolute Gasteiger partial charge is 0.393 e. The molecule has 2 aromatic rings. The van der Waals surface area contributed by atoms with Crippen LogP contribution >= 0.6 is 0 Å².